The number of aryl methyl sites for hydroxylation is 4. The SMILES string of the molecule is Cc1ccc2c(oc3c(F)c(CCc4ccc5c(sc6c(F)c(C)ccc65)c4F)ccc32)c1F. The fourth-order valence-electron chi connectivity index (χ4n) is 4.61. The van der Waals surface area contributed by atoms with Crippen LogP contribution in [0.2, 0.25) is 0 Å². The van der Waals surface area contributed by atoms with Gasteiger partial charge in [-0.2, -0.15) is 0 Å². The topological polar surface area (TPSA) is 13.1 Å². The highest BCUT2D eigenvalue weighted by atomic mass is 32.1. The Balaban J connectivity index is 1.38. The molecule has 0 aliphatic carbocycles. The summed E-state index contributed by atoms with van der Waals surface area (Å²) in [7, 11) is 0. The molecule has 0 fully saturated rings. The number of hydrogen-bond donors (Lipinski definition) is 0. The molecule has 0 saturated carbocycles. The number of furan rings is 1. The molecule has 0 aliphatic heterocycles. The standard InChI is InChI=1S/C28H18F4OS/c1-13-3-9-17-18-11-7-15(23(31)26(18)33-25(17)21(13)29)5-6-16-8-12-20-19-10-4-14(2)22(30)27(19)34-28(20)24(16)32/h3-4,7-12H,5-6H2,1-2H3. The number of benzene rings is 4. The molecule has 170 valence electrons. The number of rotatable bonds is 3. The van der Waals surface area contributed by atoms with Gasteiger partial charge in [-0.1, -0.05) is 42.5 Å². The highest BCUT2D eigenvalue weighted by Crippen LogP contribution is 2.39. The zero-order valence-electron chi connectivity index (χ0n) is 18.4. The van der Waals surface area contributed by atoms with Gasteiger partial charge in [-0.3, -0.25) is 0 Å². The molecule has 34 heavy (non-hydrogen) atoms. The average molecular weight is 479 g/mol. The van der Waals surface area contributed by atoms with Gasteiger partial charge in [-0.05, 0) is 55.0 Å². The van der Waals surface area contributed by atoms with Crippen LogP contribution in [-0.4, -0.2) is 0 Å². The van der Waals surface area contributed by atoms with Crippen LogP contribution in [0.4, 0.5) is 17.6 Å². The van der Waals surface area contributed by atoms with E-state index >= 15 is 8.78 Å². The quantitative estimate of drug-likeness (QED) is 0.232. The molecule has 6 rings (SSSR count). The Labute approximate surface area is 196 Å². The summed E-state index contributed by atoms with van der Waals surface area (Å²) in [5, 5.41) is 2.39. The van der Waals surface area contributed by atoms with Crippen molar-refractivity contribution in [1.29, 1.82) is 0 Å². The number of halogens is 4. The van der Waals surface area contributed by atoms with Crippen molar-refractivity contribution in [2.24, 2.45) is 0 Å². The van der Waals surface area contributed by atoms with E-state index in [1.165, 1.54) is 0 Å². The lowest BCUT2D eigenvalue weighted by Gasteiger charge is -2.06. The molecule has 0 aliphatic rings. The van der Waals surface area contributed by atoms with E-state index in [4.69, 9.17) is 4.42 Å². The molecule has 1 nitrogen and oxygen atoms in total. The molecule has 4 aromatic carbocycles. The molecule has 2 aromatic heterocycles. The summed E-state index contributed by atoms with van der Waals surface area (Å²) in [6.07, 6.45) is 0.495. The Morgan fingerprint density at radius 3 is 1.71 bits per heavy atom. The molecule has 2 heterocycles. The monoisotopic (exact) mass is 478 g/mol. The second kappa shape index (κ2) is 7.57. The van der Waals surface area contributed by atoms with Crippen LogP contribution in [0.5, 0.6) is 0 Å². The molecular formula is C28H18F4OS. The summed E-state index contributed by atoms with van der Waals surface area (Å²) in [5.74, 6) is -1.79. The van der Waals surface area contributed by atoms with Gasteiger partial charge in [0.2, 0.25) is 0 Å². The lowest BCUT2D eigenvalue weighted by molar-refractivity contribution is 0.548. The summed E-state index contributed by atoms with van der Waals surface area (Å²) in [6.45, 7) is 3.31. The first-order chi connectivity index (χ1) is 16.3. The third-order valence-corrected chi connectivity index (χ3v) is 7.79. The Kier molecular flexibility index (Phi) is 4.71. The second-order valence-electron chi connectivity index (χ2n) is 8.68. The molecular weight excluding hydrogens is 460 g/mol. The Morgan fingerprint density at radius 2 is 1.03 bits per heavy atom. The van der Waals surface area contributed by atoms with Crippen molar-refractivity contribution < 1.29 is 22.0 Å². The zero-order chi connectivity index (χ0) is 23.7. The van der Waals surface area contributed by atoms with E-state index in [2.05, 4.69) is 0 Å². The Morgan fingerprint density at radius 1 is 0.559 bits per heavy atom. The fourth-order valence-corrected chi connectivity index (χ4v) is 5.86. The fraction of sp³-hybridized carbons (Fsp3) is 0.143. The molecule has 0 bridgehead atoms. The number of fused-ring (bicyclic) bond motifs is 6. The van der Waals surface area contributed by atoms with Gasteiger partial charge in [0.1, 0.15) is 11.6 Å². The molecule has 0 N–H and O–H groups in total. The minimum Gasteiger partial charge on any atom is -0.450 e. The molecule has 0 spiro atoms. The van der Waals surface area contributed by atoms with Crippen LogP contribution in [0.15, 0.2) is 52.9 Å². The van der Waals surface area contributed by atoms with Gasteiger partial charge in [-0.25, -0.2) is 17.6 Å². The van der Waals surface area contributed by atoms with E-state index in [1.54, 1.807) is 56.3 Å². The second-order valence-corrected chi connectivity index (χ2v) is 9.70. The van der Waals surface area contributed by atoms with Crippen LogP contribution in [0, 0.1) is 37.1 Å². The molecule has 0 atom stereocenters. The molecule has 0 unspecified atom stereocenters. The molecule has 6 aromatic rings. The van der Waals surface area contributed by atoms with Crippen molar-refractivity contribution in [1.82, 2.24) is 0 Å². The van der Waals surface area contributed by atoms with Crippen LogP contribution in [0.3, 0.4) is 0 Å². The predicted molar refractivity (Wildman–Crippen MR) is 130 cm³/mol. The molecule has 6 heteroatoms. The summed E-state index contributed by atoms with van der Waals surface area (Å²) in [6, 6.07) is 13.7. The van der Waals surface area contributed by atoms with Gasteiger partial charge in [0, 0.05) is 21.5 Å². The lowest BCUT2D eigenvalue weighted by atomic mass is 10.0. The van der Waals surface area contributed by atoms with Crippen molar-refractivity contribution in [3.63, 3.8) is 0 Å². The van der Waals surface area contributed by atoms with Crippen LogP contribution in [0.1, 0.15) is 22.3 Å². The molecule has 0 saturated heterocycles. The van der Waals surface area contributed by atoms with Crippen molar-refractivity contribution in [2.45, 2.75) is 26.7 Å². The third-order valence-electron chi connectivity index (χ3n) is 6.59. The highest BCUT2D eigenvalue weighted by Gasteiger charge is 2.19. The first-order valence-corrected chi connectivity index (χ1v) is 11.7. The van der Waals surface area contributed by atoms with Crippen molar-refractivity contribution in [3.05, 3.63) is 94.1 Å². The first kappa shape index (κ1) is 21.2. The van der Waals surface area contributed by atoms with Gasteiger partial charge in [0.05, 0.1) is 9.40 Å². The normalized spacial score (nSPS) is 12.1. The van der Waals surface area contributed by atoms with E-state index in [1.807, 2.05) is 6.07 Å². The minimum atomic E-state index is -0.563. The summed E-state index contributed by atoms with van der Waals surface area (Å²) < 4.78 is 66.0. The van der Waals surface area contributed by atoms with Gasteiger partial charge in [0.15, 0.2) is 22.8 Å². The van der Waals surface area contributed by atoms with Gasteiger partial charge in [-0.15, -0.1) is 11.3 Å². The maximum absolute atomic E-state index is 15.4. The van der Waals surface area contributed by atoms with Crippen molar-refractivity contribution >= 4 is 53.4 Å². The van der Waals surface area contributed by atoms with Gasteiger partial charge < -0.3 is 4.42 Å². The third kappa shape index (κ3) is 2.98. The van der Waals surface area contributed by atoms with Crippen LogP contribution in [-0.2, 0) is 12.8 Å². The number of thiophene rings is 1. The van der Waals surface area contributed by atoms with Gasteiger partial charge >= 0.3 is 0 Å². The minimum absolute atomic E-state index is 0.00303. The summed E-state index contributed by atoms with van der Waals surface area (Å²) >= 11 is 1.10. The average Bonchev–Trinajstić information content (AvgIpc) is 3.40. The maximum Gasteiger partial charge on any atom is 0.171 e. The molecule has 0 amide bonds. The van der Waals surface area contributed by atoms with Crippen LogP contribution < -0.4 is 0 Å². The zero-order valence-corrected chi connectivity index (χ0v) is 19.2. The van der Waals surface area contributed by atoms with E-state index in [9.17, 15) is 8.78 Å². The Hall–Kier alpha value is -3.38. The first-order valence-electron chi connectivity index (χ1n) is 10.9. The van der Waals surface area contributed by atoms with E-state index in [0.717, 1.165) is 11.3 Å². The van der Waals surface area contributed by atoms with E-state index in [0.29, 0.717) is 53.2 Å². The maximum atomic E-state index is 15.4. The van der Waals surface area contributed by atoms with Crippen molar-refractivity contribution in [2.75, 3.05) is 0 Å². The Bertz CT molecular complexity index is 1650. The largest absolute Gasteiger partial charge is 0.450 e. The van der Waals surface area contributed by atoms with Crippen molar-refractivity contribution in [3.8, 4) is 0 Å². The summed E-state index contributed by atoms with van der Waals surface area (Å²) in [4.78, 5) is 0. The highest BCUT2D eigenvalue weighted by molar-refractivity contribution is 7.25. The molecule has 0 radical (unpaired) electrons. The number of hydrogen-bond acceptors (Lipinski definition) is 2. The van der Waals surface area contributed by atoms with Crippen LogP contribution in [0.25, 0.3) is 42.1 Å². The van der Waals surface area contributed by atoms with E-state index in [-0.39, 0.29) is 29.8 Å². The van der Waals surface area contributed by atoms with E-state index < -0.39 is 17.5 Å². The smallest absolute Gasteiger partial charge is 0.171 e. The van der Waals surface area contributed by atoms with Crippen LogP contribution >= 0.6 is 11.3 Å². The lowest BCUT2D eigenvalue weighted by Crippen LogP contribution is -1.97. The summed E-state index contributed by atoms with van der Waals surface area (Å²) in [5.41, 5.74) is 1.78. The predicted octanol–water partition coefficient (Wildman–Crippen LogP) is 8.91. The van der Waals surface area contributed by atoms with Gasteiger partial charge in [0.25, 0.3) is 0 Å².